The highest BCUT2D eigenvalue weighted by Crippen LogP contribution is 2.25. The summed E-state index contributed by atoms with van der Waals surface area (Å²) < 4.78 is 11.5. The van der Waals surface area contributed by atoms with Gasteiger partial charge in [0.2, 0.25) is 0 Å². The van der Waals surface area contributed by atoms with Gasteiger partial charge in [0.05, 0.1) is 6.54 Å². The number of aryl methyl sites for hydroxylation is 2. The SMILES string of the molecule is Cc1ccccc1COc1cccc(NCc2noc3c2CCCC3)c1. The van der Waals surface area contributed by atoms with Crippen LogP contribution in [0.5, 0.6) is 5.75 Å². The number of nitrogens with one attached hydrogen (secondary N) is 1. The number of rotatable bonds is 6. The minimum Gasteiger partial charge on any atom is -0.489 e. The van der Waals surface area contributed by atoms with Crippen LogP contribution < -0.4 is 10.1 Å². The van der Waals surface area contributed by atoms with Crippen LogP contribution in [0.25, 0.3) is 0 Å². The third-order valence-electron chi connectivity index (χ3n) is 4.98. The molecule has 1 aliphatic rings. The number of benzene rings is 2. The van der Waals surface area contributed by atoms with E-state index in [-0.39, 0.29) is 0 Å². The molecule has 134 valence electrons. The van der Waals surface area contributed by atoms with E-state index >= 15 is 0 Å². The Bertz CT molecular complexity index is 885. The Hall–Kier alpha value is -2.75. The van der Waals surface area contributed by atoms with Crippen LogP contribution in [0.2, 0.25) is 0 Å². The van der Waals surface area contributed by atoms with Gasteiger partial charge in [-0.25, -0.2) is 0 Å². The van der Waals surface area contributed by atoms with Gasteiger partial charge in [-0.05, 0) is 49.4 Å². The van der Waals surface area contributed by atoms with Gasteiger partial charge in [0, 0.05) is 23.7 Å². The molecule has 0 saturated heterocycles. The van der Waals surface area contributed by atoms with E-state index in [1.807, 2.05) is 36.4 Å². The molecule has 0 unspecified atom stereocenters. The minimum atomic E-state index is 0.576. The van der Waals surface area contributed by atoms with Crippen LogP contribution in [-0.2, 0) is 26.0 Å². The average Bonchev–Trinajstić information content (AvgIpc) is 3.09. The summed E-state index contributed by atoms with van der Waals surface area (Å²) >= 11 is 0. The number of anilines is 1. The topological polar surface area (TPSA) is 47.3 Å². The first-order valence-electron chi connectivity index (χ1n) is 9.27. The van der Waals surface area contributed by atoms with Crippen molar-refractivity contribution in [3.05, 3.63) is 76.7 Å². The van der Waals surface area contributed by atoms with Crippen LogP contribution in [0.4, 0.5) is 5.69 Å². The molecule has 26 heavy (non-hydrogen) atoms. The Labute approximate surface area is 154 Å². The van der Waals surface area contributed by atoms with Crippen LogP contribution >= 0.6 is 0 Å². The summed E-state index contributed by atoms with van der Waals surface area (Å²) in [5.41, 5.74) is 5.82. The Balaban J connectivity index is 1.38. The summed E-state index contributed by atoms with van der Waals surface area (Å²) in [7, 11) is 0. The van der Waals surface area contributed by atoms with Crippen LogP contribution in [0, 0.1) is 6.92 Å². The van der Waals surface area contributed by atoms with Crippen LogP contribution in [0.15, 0.2) is 53.1 Å². The zero-order valence-corrected chi connectivity index (χ0v) is 15.1. The molecule has 4 heteroatoms. The molecule has 0 aliphatic heterocycles. The third kappa shape index (κ3) is 3.74. The van der Waals surface area contributed by atoms with E-state index in [1.165, 1.54) is 29.5 Å². The van der Waals surface area contributed by atoms with Crippen molar-refractivity contribution in [3.8, 4) is 5.75 Å². The molecule has 4 rings (SSSR count). The normalized spacial score (nSPS) is 13.3. The molecule has 1 heterocycles. The molecule has 0 amide bonds. The molecular weight excluding hydrogens is 324 g/mol. The van der Waals surface area contributed by atoms with Crippen molar-refractivity contribution in [2.24, 2.45) is 0 Å². The van der Waals surface area contributed by atoms with Gasteiger partial charge in [0.25, 0.3) is 0 Å². The average molecular weight is 348 g/mol. The van der Waals surface area contributed by atoms with Crippen LogP contribution in [-0.4, -0.2) is 5.16 Å². The maximum atomic E-state index is 5.97. The van der Waals surface area contributed by atoms with E-state index in [0.29, 0.717) is 13.2 Å². The van der Waals surface area contributed by atoms with E-state index in [1.54, 1.807) is 0 Å². The van der Waals surface area contributed by atoms with Crippen molar-refractivity contribution < 1.29 is 9.26 Å². The van der Waals surface area contributed by atoms with Crippen molar-refractivity contribution in [3.63, 3.8) is 0 Å². The monoisotopic (exact) mass is 348 g/mol. The first-order chi connectivity index (χ1) is 12.8. The molecule has 0 atom stereocenters. The summed E-state index contributed by atoms with van der Waals surface area (Å²) in [5.74, 6) is 1.93. The lowest BCUT2D eigenvalue weighted by atomic mass is 9.96. The van der Waals surface area contributed by atoms with E-state index in [0.717, 1.165) is 35.7 Å². The smallest absolute Gasteiger partial charge is 0.140 e. The molecule has 0 bridgehead atoms. The number of aromatic nitrogens is 1. The van der Waals surface area contributed by atoms with Gasteiger partial charge in [-0.2, -0.15) is 0 Å². The van der Waals surface area contributed by atoms with E-state index in [9.17, 15) is 0 Å². The van der Waals surface area contributed by atoms with E-state index < -0.39 is 0 Å². The zero-order valence-electron chi connectivity index (χ0n) is 15.1. The second-order valence-electron chi connectivity index (χ2n) is 6.83. The number of ether oxygens (including phenoxy) is 1. The Morgan fingerprint density at radius 1 is 1.08 bits per heavy atom. The highest BCUT2D eigenvalue weighted by atomic mass is 16.5. The highest BCUT2D eigenvalue weighted by molar-refractivity contribution is 5.48. The van der Waals surface area contributed by atoms with Gasteiger partial charge < -0.3 is 14.6 Å². The lowest BCUT2D eigenvalue weighted by Crippen LogP contribution is -2.06. The Kier molecular flexibility index (Phi) is 4.91. The highest BCUT2D eigenvalue weighted by Gasteiger charge is 2.18. The lowest BCUT2D eigenvalue weighted by molar-refractivity contribution is 0.305. The zero-order chi connectivity index (χ0) is 17.8. The second-order valence-corrected chi connectivity index (χ2v) is 6.83. The molecule has 4 nitrogen and oxygen atoms in total. The first kappa shape index (κ1) is 16.7. The maximum absolute atomic E-state index is 5.97. The van der Waals surface area contributed by atoms with Crippen molar-refractivity contribution in [1.82, 2.24) is 5.16 Å². The first-order valence-corrected chi connectivity index (χ1v) is 9.27. The quantitative estimate of drug-likeness (QED) is 0.677. The summed E-state index contributed by atoms with van der Waals surface area (Å²) in [5, 5.41) is 7.70. The fourth-order valence-electron chi connectivity index (χ4n) is 3.40. The number of nitrogens with zero attached hydrogens (tertiary/aromatic N) is 1. The summed E-state index contributed by atoms with van der Waals surface area (Å²) in [6.45, 7) is 3.36. The number of hydrogen-bond acceptors (Lipinski definition) is 4. The third-order valence-corrected chi connectivity index (χ3v) is 4.98. The molecule has 3 aromatic rings. The van der Waals surface area contributed by atoms with Crippen molar-refractivity contribution in [1.29, 1.82) is 0 Å². The van der Waals surface area contributed by atoms with E-state index in [4.69, 9.17) is 9.26 Å². The molecule has 1 aliphatic carbocycles. The molecule has 0 spiro atoms. The van der Waals surface area contributed by atoms with Crippen molar-refractivity contribution in [2.75, 3.05) is 5.32 Å². The van der Waals surface area contributed by atoms with Gasteiger partial charge in [-0.15, -0.1) is 0 Å². The Morgan fingerprint density at radius 3 is 2.88 bits per heavy atom. The largest absolute Gasteiger partial charge is 0.489 e. The van der Waals surface area contributed by atoms with E-state index in [2.05, 4.69) is 29.5 Å². The fourth-order valence-corrected chi connectivity index (χ4v) is 3.40. The molecule has 0 saturated carbocycles. The predicted molar refractivity (Wildman–Crippen MR) is 102 cm³/mol. The summed E-state index contributed by atoms with van der Waals surface area (Å²) in [4.78, 5) is 0. The summed E-state index contributed by atoms with van der Waals surface area (Å²) in [6, 6.07) is 16.4. The fraction of sp³-hybridized carbons (Fsp3) is 0.318. The number of fused-ring (bicyclic) bond motifs is 1. The number of hydrogen-bond donors (Lipinski definition) is 1. The molecule has 2 aromatic carbocycles. The van der Waals surface area contributed by atoms with Gasteiger partial charge in [0.1, 0.15) is 23.8 Å². The molecule has 1 N–H and O–H groups in total. The van der Waals surface area contributed by atoms with Crippen LogP contribution in [0.1, 0.15) is 41.0 Å². The van der Waals surface area contributed by atoms with Crippen molar-refractivity contribution >= 4 is 5.69 Å². The standard InChI is InChI=1S/C22H24N2O2/c1-16-7-2-3-8-17(16)15-25-19-10-6-9-18(13-19)23-14-21-20-11-4-5-12-22(20)26-24-21/h2-3,6-10,13,23H,4-5,11-12,14-15H2,1H3. The predicted octanol–water partition coefficient (Wildman–Crippen LogP) is 5.05. The van der Waals surface area contributed by atoms with Gasteiger partial charge in [0.15, 0.2) is 0 Å². The van der Waals surface area contributed by atoms with Crippen molar-refractivity contribution in [2.45, 2.75) is 45.8 Å². The summed E-state index contributed by atoms with van der Waals surface area (Å²) in [6.07, 6.45) is 4.53. The second kappa shape index (κ2) is 7.65. The lowest BCUT2D eigenvalue weighted by Gasteiger charge is -2.12. The van der Waals surface area contributed by atoms with Gasteiger partial charge >= 0.3 is 0 Å². The molecule has 0 fully saturated rings. The molecule has 0 radical (unpaired) electrons. The molecule has 1 aromatic heterocycles. The Morgan fingerprint density at radius 2 is 1.96 bits per heavy atom. The van der Waals surface area contributed by atoms with Gasteiger partial charge in [-0.1, -0.05) is 35.5 Å². The minimum absolute atomic E-state index is 0.576. The van der Waals surface area contributed by atoms with Crippen LogP contribution in [0.3, 0.4) is 0 Å². The molecular formula is C22H24N2O2. The van der Waals surface area contributed by atoms with Gasteiger partial charge in [-0.3, -0.25) is 0 Å². The maximum Gasteiger partial charge on any atom is 0.140 e.